The Balaban J connectivity index is 0.00000196. The standard InChI is InChI=1S/C10H20N2OS.ClH/c1-8(14-2)7-12-10(13)6-9-4-3-5-11-9;/h8-9,11H,3-7H2,1-2H3,(H,12,13);1H. The van der Waals surface area contributed by atoms with Crippen LogP contribution in [0.25, 0.3) is 0 Å². The van der Waals surface area contributed by atoms with E-state index in [1.807, 2.05) is 0 Å². The first-order chi connectivity index (χ1) is 6.72. The molecule has 0 saturated carbocycles. The maximum Gasteiger partial charge on any atom is 0.221 e. The summed E-state index contributed by atoms with van der Waals surface area (Å²) in [5.74, 6) is 0.185. The first kappa shape index (κ1) is 15.1. The van der Waals surface area contributed by atoms with Crippen molar-refractivity contribution < 1.29 is 4.79 Å². The van der Waals surface area contributed by atoms with E-state index in [1.165, 1.54) is 6.42 Å². The van der Waals surface area contributed by atoms with E-state index in [0.29, 0.717) is 17.7 Å². The molecule has 3 nitrogen and oxygen atoms in total. The monoisotopic (exact) mass is 252 g/mol. The maximum atomic E-state index is 11.5. The van der Waals surface area contributed by atoms with Gasteiger partial charge in [-0.15, -0.1) is 12.4 Å². The molecular formula is C10H21ClN2OS. The van der Waals surface area contributed by atoms with E-state index in [1.54, 1.807) is 11.8 Å². The van der Waals surface area contributed by atoms with E-state index in [0.717, 1.165) is 19.5 Å². The second-order valence-electron chi connectivity index (χ2n) is 3.85. The summed E-state index contributed by atoms with van der Waals surface area (Å²) < 4.78 is 0. The van der Waals surface area contributed by atoms with Crippen molar-refractivity contribution in [1.29, 1.82) is 0 Å². The van der Waals surface area contributed by atoms with E-state index >= 15 is 0 Å². The number of nitrogens with one attached hydrogen (secondary N) is 2. The lowest BCUT2D eigenvalue weighted by molar-refractivity contribution is -0.121. The molecule has 5 heteroatoms. The molecule has 1 aliphatic rings. The molecule has 0 radical (unpaired) electrons. The highest BCUT2D eigenvalue weighted by atomic mass is 35.5. The fourth-order valence-electron chi connectivity index (χ4n) is 1.57. The molecular weight excluding hydrogens is 232 g/mol. The molecule has 0 aromatic heterocycles. The van der Waals surface area contributed by atoms with Gasteiger partial charge in [-0.3, -0.25) is 4.79 Å². The Morgan fingerprint density at radius 3 is 2.93 bits per heavy atom. The molecule has 2 atom stereocenters. The minimum Gasteiger partial charge on any atom is -0.355 e. The summed E-state index contributed by atoms with van der Waals surface area (Å²) >= 11 is 1.78. The summed E-state index contributed by atoms with van der Waals surface area (Å²) in [4.78, 5) is 11.5. The minimum absolute atomic E-state index is 0. The molecule has 0 spiro atoms. The number of thioether (sulfide) groups is 1. The topological polar surface area (TPSA) is 41.1 Å². The van der Waals surface area contributed by atoms with Crippen molar-refractivity contribution in [2.75, 3.05) is 19.3 Å². The van der Waals surface area contributed by atoms with Crippen molar-refractivity contribution in [1.82, 2.24) is 10.6 Å². The quantitative estimate of drug-likeness (QED) is 0.778. The van der Waals surface area contributed by atoms with E-state index in [2.05, 4.69) is 23.8 Å². The summed E-state index contributed by atoms with van der Waals surface area (Å²) in [6.07, 6.45) is 5.06. The third-order valence-electron chi connectivity index (χ3n) is 2.58. The number of halogens is 1. The predicted molar refractivity (Wildman–Crippen MR) is 68.9 cm³/mol. The Kier molecular flexibility index (Phi) is 8.29. The Morgan fingerprint density at radius 1 is 1.67 bits per heavy atom. The molecule has 1 fully saturated rings. The average molecular weight is 253 g/mol. The fraction of sp³-hybridized carbons (Fsp3) is 0.900. The smallest absolute Gasteiger partial charge is 0.221 e. The van der Waals surface area contributed by atoms with Gasteiger partial charge in [-0.2, -0.15) is 11.8 Å². The van der Waals surface area contributed by atoms with Crippen molar-refractivity contribution in [3.8, 4) is 0 Å². The summed E-state index contributed by atoms with van der Waals surface area (Å²) in [7, 11) is 0. The molecule has 2 N–H and O–H groups in total. The Labute approximate surface area is 103 Å². The second-order valence-corrected chi connectivity index (χ2v) is 5.12. The summed E-state index contributed by atoms with van der Waals surface area (Å²) in [5.41, 5.74) is 0. The third kappa shape index (κ3) is 6.28. The Hall–Kier alpha value is 0.0700. The van der Waals surface area contributed by atoms with Crippen molar-refractivity contribution in [2.45, 2.75) is 37.5 Å². The molecule has 1 amide bonds. The predicted octanol–water partition coefficient (Wildman–Crippen LogP) is 1.42. The molecule has 2 unspecified atom stereocenters. The van der Waals surface area contributed by atoms with Crippen LogP contribution in [-0.2, 0) is 4.79 Å². The maximum absolute atomic E-state index is 11.5. The van der Waals surface area contributed by atoms with Gasteiger partial charge in [0, 0.05) is 24.3 Å². The van der Waals surface area contributed by atoms with Crippen LogP contribution in [0.1, 0.15) is 26.2 Å². The number of amides is 1. The van der Waals surface area contributed by atoms with Crippen LogP contribution in [0.4, 0.5) is 0 Å². The molecule has 0 bridgehead atoms. The van der Waals surface area contributed by atoms with Gasteiger partial charge < -0.3 is 10.6 Å². The van der Waals surface area contributed by atoms with E-state index in [-0.39, 0.29) is 18.3 Å². The zero-order valence-corrected chi connectivity index (χ0v) is 11.0. The van der Waals surface area contributed by atoms with Crippen LogP contribution in [0.2, 0.25) is 0 Å². The third-order valence-corrected chi connectivity index (χ3v) is 3.55. The average Bonchev–Trinajstić information content (AvgIpc) is 2.66. The van der Waals surface area contributed by atoms with Crippen molar-refractivity contribution in [2.24, 2.45) is 0 Å². The first-order valence-electron chi connectivity index (χ1n) is 5.25. The van der Waals surface area contributed by atoms with Crippen molar-refractivity contribution >= 4 is 30.1 Å². The van der Waals surface area contributed by atoms with E-state index < -0.39 is 0 Å². The van der Waals surface area contributed by atoms with Crippen LogP contribution >= 0.6 is 24.2 Å². The lowest BCUT2D eigenvalue weighted by Crippen LogP contribution is -2.34. The van der Waals surface area contributed by atoms with Gasteiger partial charge in [0.15, 0.2) is 0 Å². The largest absolute Gasteiger partial charge is 0.355 e. The van der Waals surface area contributed by atoms with Gasteiger partial charge in [-0.1, -0.05) is 6.92 Å². The molecule has 1 aliphatic heterocycles. The number of carbonyl (C=O) groups is 1. The molecule has 1 rings (SSSR count). The number of hydrogen-bond donors (Lipinski definition) is 2. The van der Waals surface area contributed by atoms with Gasteiger partial charge in [0.2, 0.25) is 5.91 Å². The number of carbonyl (C=O) groups excluding carboxylic acids is 1. The first-order valence-corrected chi connectivity index (χ1v) is 6.54. The highest BCUT2D eigenvalue weighted by Crippen LogP contribution is 2.08. The SMILES string of the molecule is CSC(C)CNC(=O)CC1CCCN1.Cl. The van der Waals surface area contributed by atoms with Gasteiger partial charge >= 0.3 is 0 Å². The number of rotatable bonds is 5. The lowest BCUT2D eigenvalue weighted by Gasteiger charge is -2.12. The van der Waals surface area contributed by atoms with Gasteiger partial charge in [0.05, 0.1) is 0 Å². The van der Waals surface area contributed by atoms with Crippen LogP contribution in [-0.4, -0.2) is 36.5 Å². The summed E-state index contributed by atoms with van der Waals surface area (Å²) in [6, 6.07) is 0.416. The van der Waals surface area contributed by atoms with Gasteiger partial charge in [-0.05, 0) is 25.6 Å². The summed E-state index contributed by atoms with van der Waals surface area (Å²) in [6.45, 7) is 3.98. The van der Waals surface area contributed by atoms with E-state index in [9.17, 15) is 4.79 Å². The minimum atomic E-state index is 0. The van der Waals surface area contributed by atoms with Gasteiger partial charge in [0.25, 0.3) is 0 Å². The van der Waals surface area contributed by atoms with E-state index in [4.69, 9.17) is 0 Å². The highest BCUT2D eigenvalue weighted by molar-refractivity contribution is 7.99. The van der Waals surface area contributed by atoms with Crippen LogP contribution < -0.4 is 10.6 Å². The second kappa shape index (κ2) is 8.25. The van der Waals surface area contributed by atoms with Crippen LogP contribution in [0.3, 0.4) is 0 Å². The molecule has 90 valence electrons. The summed E-state index contributed by atoms with van der Waals surface area (Å²) in [5, 5.41) is 6.79. The van der Waals surface area contributed by atoms with Crippen LogP contribution in [0.5, 0.6) is 0 Å². The molecule has 0 aromatic carbocycles. The molecule has 15 heavy (non-hydrogen) atoms. The molecule has 0 aromatic rings. The Morgan fingerprint density at radius 2 is 2.40 bits per heavy atom. The van der Waals surface area contributed by atoms with Crippen molar-refractivity contribution in [3.63, 3.8) is 0 Å². The normalized spacial score (nSPS) is 21.9. The van der Waals surface area contributed by atoms with Crippen LogP contribution in [0.15, 0.2) is 0 Å². The van der Waals surface area contributed by atoms with Gasteiger partial charge in [-0.25, -0.2) is 0 Å². The zero-order valence-electron chi connectivity index (χ0n) is 9.41. The Bertz CT molecular complexity index is 186. The van der Waals surface area contributed by atoms with Crippen LogP contribution in [0, 0.1) is 0 Å². The zero-order chi connectivity index (χ0) is 10.4. The van der Waals surface area contributed by atoms with Gasteiger partial charge in [0.1, 0.15) is 0 Å². The molecule has 1 saturated heterocycles. The fourth-order valence-corrected chi connectivity index (χ4v) is 1.82. The number of hydrogen-bond acceptors (Lipinski definition) is 3. The molecule has 1 heterocycles. The highest BCUT2D eigenvalue weighted by Gasteiger charge is 2.17. The lowest BCUT2D eigenvalue weighted by atomic mass is 10.1. The van der Waals surface area contributed by atoms with Crippen molar-refractivity contribution in [3.05, 3.63) is 0 Å². The molecule has 0 aliphatic carbocycles.